The van der Waals surface area contributed by atoms with E-state index in [9.17, 15) is 28.0 Å². The van der Waals surface area contributed by atoms with Crippen LogP contribution in [-0.4, -0.2) is 75.5 Å². The summed E-state index contributed by atoms with van der Waals surface area (Å²) in [7, 11) is 0. The van der Waals surface area contributed by atoms with Gasteiger partial charge in [0.15, 0.2) is 24.8 Å². The number of carbonyl (C=O) groups excluding carboxylic acids is 4. The fourth-order valence-electron chi connectivity index (χ4n) is 7.32. The first-order valence-corrected chi connectivity index (χ1v) is 13.9. The third-order valence-electron chi connectivity index (χ3n) is 9.18. The molecule has 0 aromatic heterocycles. The van der Waals surface area contributed by atoms with Gasteiger partial charge in [0.25, 0.3) is 0 Å². The van der Waals surface area contributed by atoms with E-state index in [1.165, 1.54) is 6.07 Å². The van der Waals surface area contributed by atoms with Gasteiger partial charge in [0.1, 0.15) is 30.9 Å². The molecule has 1 aromatic carbocycles. The zero-order chi connectivity index (χ0) is 28.0. The normalized spacial score (nSPS) is 32.1. The number of benzene rings is 1. The average molecular weight is 565 g/mol. The summed E-state index contributed by atoms with van der Waals surface area (Å²) < 4.78 is 55.3. The number of halogens is 2. The number of morpholine rings is 1. The van der Waals surface area contributed by atoms with Gasteiger partial charge in [0.05, 0.1) is 25.0 Å². The van der Waals surface area contributed by atoms with Crippen molar-refractivity contribution in [3.63, 3.8) is 0 Å². The summed E-state index contributed by atoms with van der Waals surface area (Å²) in [5.74, 6) is -6.94. The predicted octanol–water partition coefficient (Wildman–Crippen LogP) is 0.455. The van der Waals surface area contributed by atoms with E-state index in [1.54, 1.807) is 0 Å². The number of rotatable bonds is 8. The van der Waals surface area contributed by atoms with Crippen LogP contribution in [0.4, 0.5) is 8.78 Å². The van der Waals surface area contributed by atoms with Crippen LogP contribution in [-0.2, 0) is 48.5 Å². The molecule has 3 aliphatic carbocycles. The minimum absolute atomic E-state index is 0.111. The second-order valence-corrected chi connectivity index (χ2v) is 11.4. The molecule has 40 heavy (non-hydrogen) atoms. The zero-order valence-electron chi connectivity index (χ0n) is 21.9. The number of ether oxygens (including phenoxy) is 5. The first-order chi connectivity index (χ1) is 19.3. The maximum absolute atomic E-state index is 14.1. The summed E-state index contributed by atoms with van der Waals surface area (Å²) in [6, 6.07) is 3.49. The molecule has 2 bridgehead atoms. The molecular weight excluding hydrogens is 532 g/mol. The van der Waals surface area contributed by atoms with Crippen LogP contribution in [0.5, 0.6) is 0 Å². The summed E-state index contributed by atoms with van der Waals surface area (Å²) >= 11 is 0. The Morgan fingerprint density at radius 3 is 2.50 bits per heavy atom. The van der Waals surface area contributed by atoms with Crippen molar-refractivity contribution in [3.8, 4) is 0 Å². The lowest BCUT2D eigenvalue weighted by molar-refractivity contribution is -0.900. The van der Waals surface area contributed by atoms with E-state index in [4.69, 9.17) is 23.7 Å². The number of hydrogen-bond acceptors (Lipinski definition) is 9. The molecule has 12 heteroatoms. The number of quaternary nitrogens is 1. The smallest absolute Gasteiger partial charge is 0.362 e. The minimum atomic E-state index is -1.13. The molecule has 1 N–H and O–H groups in total. The minimum Gasteiger partial charge on any atom is -0.458 e. The second-order valence-electron chi connectivity index (χ2n) is 11.4. The van der Waals surface area contributed by atoms with Gasteiger partial charge in [-0.1, -0.05) is 6.07 Å². The Morgan fingerprint density at radius 2 is 1.77 bits per heavy atom. The largest absolute Gasteiger partial charge is 0.458 e. The van der Waals surface area contributed by atoms with Gasteiger partial charge in [-0.3, -0.25) is 9.59 Å². The maximum atomic E-state index is 14.1. The predicted molar refractivity (Wildman–Crippen MR) is 128 cm³/mol. The van der Waals surface area contributed by atoms with E-state index in [2.05, 4.69) is 0 Å². The Hall–Kier alpha value is -3.12. The first kappa shape index (κ1) is 27.1. The number of nitrogens with one attached hydrogen (secondary N) is 1. The number of hydrogen-bond donors (Lipinski definition) is 1. The highest BCUT2D eigenvalue weighted by atomic mass is 19.2. The van der Waals surface area contributed by atoms with Crippen molar-refractivity contribution < 1.29 is 56.5 Å². The summed E-state index contributed by atoms with van der Waals surface area (Å²) in [5, 5.41) is 0. The Kier molecular flexibility index (Phi) is 7.24. The van der Waals surface area contributed by atoms with Crippen molar-refractivity contribution in [2.24, 2.45) is 23.7 Å². The molecule has 0 spiro atoms. The molecule has 10 nitrogen and oxygen atoms in total. The summed E-state index contributed by atoms with van der Waals surface area (Å²) in [6.07, 6.45) is 1.26. The van der Waals surface area contributed by atoms with Gasteiger partial charge in [-0.15, -0.1) is 0 Å². The fraction of sp³-hybridized carbons (Fsp3) is 0.643. The van der Waals surface area contributed by atoms with Crippen molar-refractivity contribution in [2.45, 2.75) is 49.9 Å². The van der Waals surface area contributed by atoms with Crippen molar-refractivity contribution in [1.29, 1.82) is 0 Å². The average Bonchev–Trinajstić information content (AvgIpc) is 3.69. The molecule has 3 saturated carbocycles. The molecule has 216 valence electrons. The Labute approximate surface area is 229 Å². The van der Waals surface area contributed by atoms with E-state index >= 15 is 0 Å². The Bertz CT molecular complexity index is 1200. The van der Waals surface area contributed by atoms with Crippen molar-refractivity contribution in [2.75, 3.05) is 39.5 Å². The molecule has 5 aliphatic rings. The lowest BCUT2D eigenvalue weighted by atomic mass is 9.78. The van der Waals surface area contributed by atoms with Gasteiger partial charge in [0.2, 0.25) is 0 Å². The van der Waals surface area contributed by atoms with E-state index in [1.807, 2.05) is 0 Å². The van der Waals surface area contributed by atoms with Crippen LogP contribution in [0.1, 0.15) is 37.7 Å². The third-order valence-corrected chi connectivity index (χ3v) is 9.18. The highest BCUT2D eigenvalue weighted by Gasteiger charge is 2.70. The van der Waals surface area contributed by atoms with Gasteiger partial charge in [0, 0.05) is 11.8 Å². The molecule has 2 aliphatic heterocycles. The van der Waals surface area contributed by atoms with E-state index in [-0.39, 0.29) is 12.5 Å². The number of fused-ring (bicyclic) bond motifs is 1. The number of carbonyl (C=O) groups is 4. The summed E-state index contributed by atoms with van der Waals surface area (Å²) in [4.78, 5) is 52.3. The van der Waals surface area contributed by atoms with Gasteiger partial charge >= 0.3 is 23.9 Å². The molecule has 0 amide bonds. The monoisotopic (exact) mass is 564 g/mol. The lowest BCUT2D eigenvalue weighted by Crippen LogP contribution is -3.15. The van der Waals surface area contributed by atoms with Crippen LogP contribution < -0.4 is 4.90 Å². The van der Waals surface area contributed by atoms with Crippen LogP contribution in [0, 0.1) is 35.3 Å². The van der Waals surface area contributed by atoms with E-state index in [0.29, 0.717) is 51.1 Å². The van der Waals surface area contributed by atoms with Crippen LogP contribution in [0.3, 0.4) is 0 Å². The Morgan fingerprint density at radius 1 is 1.02 bits per heavy atom. The molecule has 2 saturated heterocycles. The van der Waals surface area contributed by atoms with Gasteiger partial charge in [-0.25, -0.2) is 18.4 Å². The highest BCUT2D eigenvalue weighted by molar-refractivity contribution is 5.86. The molecule has 6 rings (SSSR count). The molecule has 6 atom stereocenters. The topological polar surface area (TPSA) is 119 Å². The van der Waals surface area contributed by atoms with E-state index < -0.39 is 77.7 Å². The molecular formula is C28H32F2NO9+. The Balaban J connectivity index is 1.12. The van der Waals surface area contributed by atoms with Crippen LogP contribution in [0.25, 0.3) is 0 Å². The number of esters is 4. The molecule has 5 fully saturated rings. The van der Waals surface area contributed by atoms with Crippen molar-refractivity contribution in [1.82, 2.24) is 0 Å². The fourth-order valence-corrected chi connectivity index (χ4v) is 7.32. The molecule has 2 heterocycles. The van der Waals surface area contributed by atoms with Gasteiger partial charge in [-0.05, 0) is 49.8 Å². The van der Waals surface area contributed by atoms with E-state index in [0.717, 1.165) is 29.9 Å². The van der Waals surface area contributed by atoms with Gasteiger partial charge < -0.3 is 28.6 Å². The molecule has 0 radical (unpaired) electrons. The summed E-state index contributed by atoms with van der Waals surface area (Å²) in [6.45, 7) is 1.99. The second kappa shape index (κ2) is 10.7. The molecule has 1 aromatic rings. The lowest BCUT2D eigenvalue weighted by Gasteiger charge is -2.35. The SMILES string of the molecule is O=C(C[NH+]1CCOCC1)OCC(=O)OC1C2CC3C1OC(=O)C3C2C(=O)OC1(c2ccc(F)c(F)c2)CCCC1. The maximum Gasteiger partial charge on any atom is 0.362 e. The summed E-state index contributed by atoms with van der Waals surface area (Å²) in [5.41, 5.74) is -0.755. The first-order valence-electron chi connectivity index (χ1n) is 13.9. The van der Waals surface area contributed by atoms with Gasteiger partial charge in [-0.2, -0.15) is 0 Å². The highest BCUT2D eigenvalue weighted by Crippen LogP contribution is 2.59. The van der Waals surface area contributed by atoms with Crippen molar-refractivity contribution >= 4 is 23.9 Å². The van der Waals surface area contributed by atoms with Crippen LogP contribution in [0.2, 0.25) is 0 Å². The standard InChI is InChI=1S/C28H31F2NO9/c29-18-4-3-15(11-19(18)30)28(5-1-2-6-28)40-27(35)23-17-12-16-22(23)26(34)39-25(16)24(17)38-21(33)14-37-20(32)13-31-7-9-36-10-8-31/h3-4,11,16-17,22-25H,1-2,5-10,12-14H2/p+1. The van der Waals surface area contributed by atoms with Crippen LogP contribution in [0.15, 0.2) is 18.2 Å². The zero-order valence-corrected chi connectivity index (χ0v) is 21.9. The van der Waals surface area contributed by atoms with Crippen molar-refractivity contribution in [3.05, 3.63) is 35.4 Å². The van der Waals surface area contributed by atoms with Crippen LogP contribution >= 0.6 is 0 Å². The third kappa shape index (κ3) is 4.85. The quantitative estimate of drug-likeness (QED) is 0.355. The molecule has 6 unspecified atom stereocenters.